The molecule has 1 aliphatic heterocycles. The molecular weight excluding hydrogens is 733 g/mol. The Kier molecular flexibility index (Phi) is 15.0. The van der Waals surface area contributed by atoms with Gasteiger partial charge < -0.3 is 35.5 Å². The van der Waals surface area contributed by atoms with Gasteiger partial charge in [0.25, 0.3) is 5.91 Å². The fourth-order valence-electron chi connectivity index (χ4n) is 6.15. The average Bonchev–Trinajstić information content (AvgIpc) is 3.57. The van der Waals surface area contributed by atoms with E-state index in [1.165, 1.54) is 48.5 Å². The second-order valence-electron chi connectivity index (χ2n) is 13.2. The Bertz CT molecular complexity index is 1950. The van der Waals surface area contributed by atoms with Crippen molar-refractivity contribution in [2.75, 3.05) is 48.0 Å². The Morgan fingerprint density at radius 3 is 2.33 bits per heavy atom. The van der Waals surface area contributed by atoms with Crippen LogP contribution in [0.4, 0.5) is 0 Å². The van der Waals surface area contributed by atoms with Crippen LogP contribution < -0.4 is 35.5 Å². The molecule has 0 fully saturated rings. The molecule has 0 saturated carbocycles. The summed E-state index contributed by atoms with van der Waals surface area (Å²) in [5.41, 5.74) is 0.869. The molecule has 2 heterocycles. The number of carbonyl (C=O) groups is 4. The van der Waals surface area contributed by atoms with E-state index in [0.29, 0.717) is 29.6 Å². The second-order valence-corrected chi connectivity index (χ2v) is 15.2. The number of hydrogen-bond donors (Lipinski definition) is 4. The number of sulfonamides is 1. The minimum absolute atomic E-state index is 0.00451. The molecule has 1 aliphatic rings. The Labute approximate surface area is 321 Å². The number of ether oxygens (including phenoxy) is 3. The van der Waals surface area contributed by atoms with Gasteiger partial charge in [-0.05, 0) is 61.6 Å². The van der Waals surface area contributed by atoms with Crippen molar-refractivity contribution in [3.05, 3.63) is 59.2 Å². The molecule has 0 unspecified atom stereocenters. The molecule has 18 heteroatoms. The molecular formula is C37H52N8O9S. The van der Waals surface area contributed by atoms with Crippen LogP contribution in [0.1, 0.15) is 80.1 Å². The molecule has 55 heavy (non-hydrogen) atoms. The lowest BCUT2D eigenvalue weighted by molar-refractivity contribution is -0.130. The third-order valence-electron chi connectivity index (χ3n) is 9.40. The number of fused-ring (bicyclic) bond motifs is 1. The lowest BCUT2D eigenvalue weighted by Gasteiger charge is -2.26. The van der Waals surface area contributed by atoms with Gasteiger partial charge in [0.1, 0.15) is 24.2 Å². The summed E-state index contributed by atoms with van der Waals surface area (Å²) in [6, 6.07) is 7.86. The highest BCUT2D eigenvalue weighted by Gasteiger charge is 2.30. The molecule has 1 aromatic heterocycles. The lowest BCUT2D eigenvalue weighted by Crippen LogP contribution is -2.51. The number of nitrogens with zero attached hydrogens (tertiary/aromatic N) is 4. The van der Waals surface area contributed by atoms with Crippen molar-refractivity contribution in [3.63, 3.8) is 0 Å². The minimum Gasteiger partial charge on any atom is -0.496 e. The molecule has 4 rings (SSSR count). The molecule has 0 saturated heterocycles. The van der Waals surface area contributed by atoms with Gasteiger partial charge in [0.2, 0.25) is 27.7 Å². The van der Waals surface area contributed by atoms with Crippen molar-refractivity contribution in [1.82, 2.24) is 40.3 Å². The third-order valence-corrected chi connectivity index (χ3v) is 11.3. The van der Waals surface area contributed by atoms with Gasteiger partial charge in [-0.3, -0.25) is 19.2 Å². The summed E-state index contributed by atoms with van der Waals surface area (Å²) in [5, 5.41) is 15.7. The van der Waals surface area contributed by atoms with Crippen LogP contribution in [0.2, 0.25) is 0 Å². The van der Waals surface area contributed by atoms with Gasteiger partial charge in [-0.1, -0.05) is 26.3 Å². The van der Waals surface area contributed by atoms with Crippen LogP contribution in [0.15, 0.2) is 41.3 Å². The minimum atomic E-state index is -4.17. The fourth-order valence-corrected chi connectivity index (χ4v) is 7.70. The van der Waals surface area contributed by atoms with E-state index >= 15 is 0 Å². The Morgan fingerprint density at radius 1 is 0.964 bits per heavy atom. The number of rotatable bonds is 10. The van der Waals surface area contributed by atoms with Gasteiger partial charge in [0.15, 0.2) is 17.3 Å². The maximum atomic E-state index is 14.0. The van der Waals surface area contributed by atoms with E-state index < -0.39 is 45.7 Å². The average molecular weight is 785 g/mol. The maximum Gasteiger partial charge on any atom is 0.254 e. The largest absolute Gasteiger partial charge is 0.496 e. The standard InChI is InChI=1S/C37H52N8O9S/c1-8-23(2)34-37(49)40-24(3)35-41-31(20-25-12-14-29(53-6)30(19-25)54-7)43-45(35)22-33(47)39-16-10-18-44(17-9-11-32(46)42-34)55(50,51)26-13-15-28(52-5)27(21-26)36(48)38-4/h12-15,19,21,23-24,34H,8-11,16-18,20,22H2,1-7H3,(H,38,48)(H,39,47)(H,40,49)(H,42,46)/t23-,24+,34-/m0/s1. The molecule has 0 radical (unpaired) electrons. The topological polar surface area (TPSA) is 212 Å². The molecule has 4 N–H and O–H groups in total. The number of benzene rings is 2. The number of amides is 4. The smallest absolute Gasteiger partial charge is 0.254 e. The quantitative estimate of drug-likeness (QED) is 0.233. The van der Waals surface area contributed by atoms with E-state index in [4.69, 9.17) is 19.2 Å². The molecule has 2 aromatic carbocycles. The number of hydrogen-bond acceptors (Lipinski definition) is 11. The first-order valence-electron chi connectivity index (χ1n) is 18.2. The van der Waals surface area contributed by atoms with E-state index in [1.807, 2.05) is 26.0 Å². The molecule has 0 bridgehead atoms. The summed E-state index contributed by atoms with van der Waals surface area (Å²) in [5.74, 6) is 0.0219. The van der Waals surface area contributed by atoms with Crippen LogP contribution in [0.5, 0.6) is 17.2 Å². The van der Waals surface area contributed by atoms with Gasteiger partial charge in [0.05, 0.1) is 37.8 Å². The maximum absolute atomic E-state index is 14.0. The summed E-state index contributed by atoms with van der Waals surface area (Å²) >= 11 is 0. The summed E-state index contributed by atoms with van der Waals surface area (Å²) in [6.45, 7) is 5.37. The Morgan fingerprint density at radius 2 is 1.65 bits per heavy atom. The van der Waals surface area contributed by atoms with E-state index in [9.17, 15) is 27.6 Å². The van der Waals surface area contributed by atoms with Gasteiger partial charge in [-0.25, -0.2) is 18.1 Å². The summed E-state index contributed by atoms with van der Waals surface area (Å²) in [7, 11) is 1.72. The molecule has 0 aliphatic carbocycles. The zero-order valence-electron chi connectivity index (χ0n) is 32.4. The normalized spacial score (nSPS) is 18.7. The number of carbonyl (C=O) groups excluding carboxylic acids is 4. The van der Waals surface area contributed by atoms with Crippen molar-refractivity contribution >= 4 is 33.7 Å². The van der Waals surface area contributed by atoms with Gasteiger partial charge >= 0.3 is 0 Å². The SMILES string of the molecule is CC[C@H](C)[C@@H]1NC(=O)CCCN(S(=O)(=O)c2ccc(OC)c(C(=O)NC)c2)CCCNC(=O)Cn2nc(Cc3ccc(OC)c(OC)c3)nc2[C@@H](C)NC1=O. The van der Waals surface area contributed by atoms with Crippen molar-refractivity contribution in [3.8, 4) is 17.2 Å². The van der Waals surface area contributed by atoms with Crippen LogP contribution in [0.3, 0.4) is 0 Å². The molecule has 17 nitrogen and oxygen atoms in total. The van der Waals surface area contributed by atoms with Crippen molar-refractivity contribution in [1.29, 1.82) is 0 Å². The third kappa shape index (κ3) is 10.7. The van der Waals surface area contributed by atoms with Crippen LogP contribution >= 0.6 is 0 Å². The van der Waals surface area contributed by atoms with E-state index in [1.54, 1.807) is 20.1 Å². The van der Waals surface area contributed by atoms with Crippen LogP contribution in [0, 0.1) is 5.92 Å². The predicted octanol–water partition coefficient (Wildman–Crippen LogP) is 1.95. The van der Waals surface area contributed by atoms with Crippen LogP contribution in [0.25, 0.3) is 0 Å². The zero-order valence-corrected chi connectivity index (χ0v) is 33.2. The van der Waals surface area contributed by atoms with E-state index in [2.05, 4.69) is 26.4 Å². The molecule has 3 aromatic rings. The fraction of sp³-hybridized carbons (Fsp3) is 0.514. The van der Waals surface area contributed by atoms with E-state index in [0.717, 1.165) is 5.56 Å². The highest BCUT2D eigenvalue weighted by atomic mass is 32.2. The number of aromatic nitrogens is 3. The summed E-state index contributed by atoms with van der Waals surface area (Å²) in [4.78, 5) is 57.4. The van der Waals surface area contributed by atoms with Gasteiger partial charge in [0, 0.05) is 39.5 Å². The first kappa shape index (κ1) is 42.5. The summed E-state index contributed by atoms with van der Waals surface area (Å²) in [6.07, 6.45) is 1.21. The number of methoxy groups -OCH3 is 3. The highest BCUT2D eigenvalue weighted by Crippen LogP contribution is 2.29. The Balaban J connectivity index is 1.64. The van der Waals surface area contributed by atoms with Crippen molar-refractivity contribution in [2.24, 2.45) is 5.92 Å². The molecule has 0 spiro atoms. The zero-order chi connectivity index (χ0) is 40.3. The highest BCUT2D eigenvalue weighted by molar-refractivity contribution is 7.89. The molecule has 4 amide bonds. The molecule has 300 valence electrons. The number of nitrogens with one attached hydrogen (secondary N) is 4. The van der Waals surface area contributed by atoms with Crippen LogP contribution in [-0.4, -0.2) is 105 Å². The van der Waals surface area contributed by atoms with Crippen molar-refractivity contribution in [2.45, 2.75) is 76.4 Å². The first-order valence-corrected chi connectivity index (χ1v) is 19.6. The first-order chi connectivity index (χ1) is 26.2. The van der Waals surface area contributed by atoms with Gasteiger partial charge in [-0.15, -0.1) is 0 Å². The monoisotopic (exact) mass is 784 g/mol. The Hall–Kier alpha value is -5.23. The molecule has 3 atom stereocenters. The lowest BCUT2D eigenvalue weighted by atomic mass is 9.97. The summed E-state index contributed by atoms with van der Waals surface area (Å²) < 4.78 is 46.7. The second kappa shape index (κ2) is 19.4. The predicted molar refractivity (Wildman–Crippen MR) is 202 cm³/mol. The van der Waals surface area contributed by atoms with E-state index in [-0.39, 0.29) is 74.0 Å². The van der Waals surface area contributed by atoms with Crippen molar-refractivity contribution < 1.29 is 41.8 Å². The van der Waals surface area contributed by atoms with Crippen LogP contribution in [-0.2, 0) is 37.4 Å². The van der Waals surface area contributed by atoms with Gasteiger partial charge in [-0.2, -0.15) is 9.40 Å².